The van der Waals surface area contributed by atoms with Crippen molar-refractivity contribution in [3.8, 4) is 0 Å². The van der Waals surface area contributed by atoms with Gasteiger partial charge < -0.3 is 15.1 Å². The number of likely N-dealkylation sites (N-methyl/N-ethyl adjacent to an activating group) is 1. The average Bonchev–Trinajstić information content (AvgIpc) is 2.99. The molecule has 1 aromatic carbocycles. The van der Waals surface area contributed by atoms with Crippen LogP contribution in [-0.2, 0) is 0 Å². The van der Waals surface area contributed by atoms with Crippen molar-refractivity contribution in [1.82, 2.24) is 15.2 Å². The lowest BCUT2D eigenvalue weighted by Gasteiger charge is -2.32. The number of hydrogen-bond acceptors (Lipinski definition) is 5. The van der Waals surface area contributed by atoms with Crippen molar-refractivity contribution in [2.75, 3.05) is 44.7 Å². The van der Waals surface area contributed by atoms with Gasteiger partial charge in [-0.15, -0.1) is 0 Å². The summed E-state index contributed by atoms with van der Waals surface area (Å²) in [7, 11) is 2.19. The number of piperidine rings is 1. The molecule has 124 valence electrons. The molecule has 4 nitrogen and oxygen atoms in total. The van der Waals surface area contributed by atoms with Gasteiger partial charge in [0.15, 0.2) is 5.13 Å². The van der Waals surface area contributed by atoms with E-state index in [2.05, 4.69) is 47.3 Å². The van der Waals surface area contributed by atoms with Crippen LogP contribution in [0.4, 0.5) is 5.13 Å². The SMILES string of the molecule is C[C@H]1CC[C@H](c2ccc3sc(N4CCN(C)CC4)nc3c2)NC1. The van der Waals surface area contributed by atoms with E-state index in [0.29, 0.717) is 6.04 Å². The van der Waals surface area contributed by atoms with E-state index in [0.717, 1.165) is 38.6 Å². The van der Waals surface area contributed by atoms with Gasteiger partial charge in [-0.2, -0.15) is 0 Å². The molecule has 2 fully saturated rings. The Morgan fingerprint density at radius 1 is 1.17 bits per heavy atom. The molecule has 3 heterocycles. The molecule has 0 radical (unpaired) electrons. The van der Waals surface area contributed by atoms with Gasteiger partial charge in [-0.3, -0.25) is 0 Å². The Bertz CT molecular complexity index is 647. The number of thiazole rings is 1. The topological polar surface area (TPSA) is 31.4 Å². The Labute approximate surface area is 142 Å². The fourth-order valence-electron chi connectivity index (χ4n) is 3.57. The van der Waals surface area contributed by atoms with Crippen molar-refractivity contribution in [3.05, 3.63) is 23.8 Å². The van der Waals surface area contributed by atoms with E-state index in [1.54, 1.807) is 0 Å². The summed E-state index contributed by atoms with van der Waals surface area (Å²) in [6.07, 6.45) is 2.56. The van der Waals surface area contributed by atoms with Gasteiger partial charge in [0.2, 0.25) is 0 Å². The van der Waals surface area contributed by atoms with Gasteiger partial charge in [0.1, 0.15) is 0 Å². The fraction of sp³-hybridized carbons (Fsp3) is 0.611. The third-order valence-electron chi connectivity index (χ3n) is 5.24. The summed E-state index contributed by atoms with van der Waals surface area (Å²) in [6, 6.07) is 7.37. The van der Waals surface area contributed by atoms with Gasteiger partial charge in [0, 0.05) is 32.2 Å². The third-order valence-corrected chi connectivity index (χ3v) is 6.33. The molecule has 2 aliphatic rings. The first-order valence-electron chi connectivity index (χ1n) is 8.76. The van der Waals surface area contributed by atoms with Crippen LogP contribution in [0.3, 0.4) is 0 Å². The summed E-state index contributed by atoms with van der Waals surface area (Å²) in [5, 5.41) is 4.87. The predicted molar refractivity (Wildman–Crippen MR) is 98.5 cm³/mol. The van der Waals surface area contributed by atoms with Crippen LogP contribution in [0.5, 0.6) is 0 Å². The quantitative estimate of drug-likeness (QED) is 0.917. The summed E-state index contributed by atoms with van der Waals surface area (Å²) >= 11 is 1.84. The number of piperazine rings is 1. The number of hydrogen-bond donors (Lipinski definition) is 1. The van der Waals surface area contributed by atoms with E-state index in [1.807, 2.05) is 11.3 Å². The summed E-state index contributed by atoms with van der Waals surface area (Å²) in [5.74, 6) is 0.804. The van der Waals surface area contributed by atoms with Crippen LogP contribution < -0.4 is 10.2 Å². The second-order valence-corrected chi connectivity index (χ2v) is 8.17. The molecule has 4 rings (SSSR count). The molecule has 0 aliphatic carbocycles. The average molecular weight is 331 g/mol. The van der Waals surface area contributed by atoms with Crippen molar-refractivity contribution in [2.24, 2.45) is 5.92 Å². The van der Waals surface area contributed by atoms with E-state index in [4.69, 9.17) is 4.98 Å². The monoisotopic (exact) mass is 330 g/mol. The van der Waals surface area contributed by atoms with Crippen LogP contribution in [-0.4, -0.2) is 49.7 Å². The predicted octanol–water partition coefficient (Wildman–Crippen LogP) is 3.11. The molecule has 1 N–H and O–H groups in total. The van der Waals surface area contributed by atoms with Gasteiger partial charge >= 0.3 is 0 Å². The molecule has 23 heavy (non-hydrogen) atoms. The van der Waals surface area contributed by atoms with Gasteiger partial charge in [-0.25, -0.2) is 4.98 Å². The first-order chi connectivity index (χ1) is 11.2. The minimum Gasteiger partial charge on any atom is -0.345 e. The maximum atomic E-state index is 4.93. The summed E-state index contributed by atoms with van der Waals surface area (Å²) in [5.41, 5.74) is 2.57. The number of aromatic nitrogens is 1. The standard InChI is InChI=1S/C18H26N4S/c1-13-3-5-15(19-12-13)14-4-6-17-16(11-14)20-18(23-17)22-9-7-21(2)8-10-22/h4,6,11,13,15,19H,3,5,7-10,12H2,1-2H3/t13-,15+/m0/s1. The van der Waals surface area contributed by atoms with Crippen LogP contribution in [0.2, 0.25) is 0 Å². The number of nitrogens with one attached hydrogen (secondary N) is 1. The highest BCUT2D eigenvalue weighted by atomic mass is 32.1. The van der Waals surface area contributed by atoms with Crippen molar-refractivity contribution in [3.63, 3.8) is 0 Å². The van der Waals surface area contributed by atoms with E-state index in [1.165, 1.54) is 33.8 Å². The normalized spacial score (nSPS) is 26.8. The molecule has 0 bridgehead atoms. The van der Waals surface area contributed by atoms with Crippen LogP contribution in [0.15, 0.2) is 18.2 Å². The molecule has 2 aliphatic heterocycles. The Kier molecular flexibility index (Phi) is 4.26. The largest absolute Gasteiger partial charge is 0.345 e. The Morgan fingerprint density at radius 2 is 2.00 bits per heavy atom. The maximum Gasteiger partial charge on any atom is 0.186 e. The maximum absolute atomic E-state index is 4.93. The first-order valence-corrected chi connectivity index (χ1v) is 9.58. The molecule has 0 amide bonds. The second kappa shape index (κ2) is 6.38. The molecule has 2 aromatic rings. The summed E-state index contributed by atoms with van der Waals surface area (Å²) in [6.45, 7) is 7.90. The first kappa shape index (κ1) is 15.4. The van der Waals surface area contributed by atoms with E-state index in [9.17, 15) is 0 Å². The minimum absolute atomic E-state index is 0.504. The van der Waals surface area contributed by atoms with Gasteiger partial charge in [0.25, 0.3) is 0 Å². The van der Waals surface area contributed by atoms with Crippen molar-refractivity contribution in [1.29, 1.82) is 0 Å². The number of anilines is 1. The Balaban J connectivity index is 1.55. The molecule has 0 spiro atoms. The third kappa shape index (κ3) is 3.23. The van der Waals surface area contributed by atoms with Crippen molar-refractivity contribution >= 4 is 26.7 Å². The van der Waals surface area contributed by atoms with Crippen LogP contribution in [0.25, 0.3) is 10.2 Å². The summed E-state index contributed by atoms with van der Waals surface area (Å²) in [4.78, 5) is 9.75. The highest BCUT2D eigenvalue weighted by Gasteiger charge is 2.21. The van der Waals surface area contributed by atoms with E-state index >= 15 is 0 Å². The highest BCUT2D eigenvalue weighted by molar-refractivity contribution is 7.22. The van der Waals surface area contributed by atoms with E-state index < -0.39 is 0 Å². The smallest absolute Gasteiger partial charge is 0.186 e. The van der Waals surface area contributed by atoms with Crippen LogP contribution in [0.1, 0.15) is 31.4 Å². The Hall–Kier alpha value is -1.17. The molecular weight excluding hydrogens is 304 g/mol. The fourth-order valence-corrected chi connectivity index (χ4v) is 4.56. The Morgan fingerprint density at radius 3 is 2.74 bits per heavy atom. The highest BCUT2D eigenvalue weighted by Crippen LogP contribution is 2.33. The molecule has 2 saturated heterocycles. The molecule has 5 heteroatoms. The number of benzene rings is 1. The molecular formula is C18H26N4S. The zero-order chi connectivity index (χ0) is 15.8. The zero-order valence-corrected chi connectivity index (χ0v) is 14.9. The number of fused-ring (bicyclic) bond motifs is 1. The van der Waals surface area contributed by atoms with Crippen molar-refractivity contribution in [2.45, 2.75) is 25.8 Å². The molecule has 2 atom stereocenters. The number of rotatable bonds is 2. The van der Waals surface area contributed by atoms with Crippen molar-refractivity contribution < 1.29 is 0 Å². The lowest BCUT2D eigenvalue weighted by Crippen LogP contribution is -2.44. The minimum atomic E-state index is 0.504. The van der Waals surface area contributed by atoms with E-state index in [-0.39, 0.29) is 0 Å². The van der Waals surface area contributed by atoms with Crippen LogP contribution in [0, 0.1) is 5.92 Å². The lowest BCUT2D eigenvalue weighted by molar-refractivity contribution is 0.313. The van der Waals surface area contributed by atoms with Crippen LogP contribution >= 0.6 is 11.3 Å². The van der Waals surface area contributed by atoms with Gasteiger partial charge in [0.05, 0.1) is 10.2 Å². The zero-order valence-electron chi connectivity index (χ0n) is 14.1. The lowest BCUT2D eigenvalue weighted by atomic mass is 9.92. The second-order valence-electron chi connectivity index (χ2n) is 7.16. The molecule has 1 aromatic heterocycles. The molecule has 0 unspecified atom stereocenters. The summed E-state index contributed by atoms with van der Waals surface area (Å²) < 4.78 is 1.31. The van der Waals surface area contributed by atoms with Gasteiger partial charge in [-0.1, -0.05) is 24.3 Å². The van der Waals surface area contributed by atoms with Gasteiger partial charge in [-0.05, 0) is 50.0 Å². The molecule has 0 saturated carbocycles. The number of nitrogens with zero attached hydrogens (tertiary/aromatic N) is 3.